The number of carbonyl (C=O) groups excluding carboxylic acids is 2. The number of hydrazone groups is 1. The highest BCUT2D eigenvalue weighted by atomic mass is 35.5. The first-order valence-electron chi connectivity index (χ1n) is 9.09. The van der Waals surface area contributed by atoms with Crippen molar-refractivity contribution >= 4 is 29.7 Å². The van der Waals surface area contributed by atoms with E-state index < -0.39 is 11.9 Å². The molecule has 3 aromatic carbocycles. The Kier molecular flexibility index (Phi) is 7.19. The Hall–Kier alpha value is -3.64. The number of carbonyl (C=O) groups is 2. The van der Waals surface area contributed by atoms with Crippen molar-refractivity contribution in [1.29, 1.82) is 0 Å². The van der Waals surface area contributed by atoms with Gasteiger partial charge in [0.05, 0.1) is 11.8 Å². The molecule has 1 amide bonds. The molecule has 0 fully saturated rings. The van der Waals surface area contributed by atoms with Gasteiger partial charge >= 0.3 is 5.97 Å². The summed E-state index contributed by atoms with van der Waals surface area (Å²) in [5.74, 6) is 0.0806. The van der Waals surface area contributed by atoms with Crippen LogP contribution in [0.15, 0.2) is 77.9 Å². The zero-order valence-corrected chi connectivity index (χ0v) is 16.9. The maximum absolute atomic E-state index is 12.2. The molecular formula is C23H19ClN2O4. The fourth-order valence-corrected chi connectivity index (χ4v) is 2.66. The third-order valence-corrected chi connectivity index (χ3v) is 4.15. The molecule has 0 unspecified atom stereocenters. The van der Waals surface area contributed by atoms with Crippen LogP contribution in [0.3, 0.4) is 0 Å². The Morgan fingerprint density at radius 1 is 1.00 bits per heavy atom. The van der Waals surface area contributed by atoms with E-state index in [1.807, 2.05) is 13.0 Å². The number of nitrogens with zero attached hydrogens (tertiary/aromatic N) is 1. The lowest BCUT2D eigenvalue weighted by Gasteiger charge is -2.06. The highest BCUT2D eigenvalue weighted by Gasteiger charge is 2.08. The number of esters is 1. The van der Waals surface area contributed by atoms with Crippen LogP contribution < -0.4 is 14.9 Å². The van der Waals surface area contributed by atoms with Crippen LogP contribution in [0.25, 0.3) is 0 Å². The lowest BCUT2D eigenvalue weighted by Crippen LogP contribution is -2.24. The molecule has 0 saturated carbocycles. The summed E-state index contributed by atoms with van der Waals surface area (Å²) in [5.41, 5.74) is 4.57. The molecule has 0 bridgehead atoms. The standard InChI is InChI=1S/C23H19ClN2O4/c1-16-4-2-5-18(12-16)23(28)30-20-10-8-17(9-11-20)14-25-26-22(27)15-29-21-7-3-6-19(24)13-21/h2-14H,15H2,1H3,(H,26,27)/b25-14+. The van der Waals surface area contributed by atoms with E-state index in [4.69, 9.17) is 21.1 Å². The Bertz CT molecular complexity index is 1060. The summed E-state index contributed by atoms with van der Waals surface area (Å²) in [5, 5.41) is 4.41. The summed E-state index contributed by atoms with van der Waals surface area (Å²) in [6, 6.07) is 20.7. The summed E-state index contributed by atoms with van der Waals surface area (Å²) < 4.78 is 10.7. The first kappa shape index (κ1) is 21.1. The van der Waals surface area contributed by atoms with Gasteiger partial charge in [0, 0.05) is 5.02 Å². The molecule has 3 aromatic rings. The van der Waals surface area contributed by atoms with Crippen molar-refractivity contribution in [3.05, 3.63) is 94.5 Å². The van der Waals surface area contributed by atoms with Gasteiger partial charge in [0.15, 0.2) is 6.61 Å². The normalized spacial score (nSPS) is 10.6. The lowest BCUT2D eigenvalue weighted by atomic mass is 10.1. The fourth-order valence-electron chi connectivity index (χ4n) is 2.48. The molecule has 0 aliphatic heterocycles. The first-order valence-corrected chi connectivity index (χ1v) is 9.46. The molecule has 0 saturated heterocycles. The SMILES string of the molecule is Cc1cccc(C(=O)Oc2ccc(/C=N/NC(=O)COc3cccc(Cl)c3)cc2)c1. The minimum absolute atomic E-state index is 0.189. The number of rotatable bonds is 7. The number of aryl methyl sites for hydroxylation is 1. The van der Waals surface area contributed by atoms with Crippen molar-refractivity contribution < 1.29 is 19.1 Å². The third kappa shape index (κ3) is 6.46. The van der Waals surface area contributed by atoms with Crippen molar-refractivity contribution in [2.24, 2.45) is 5.10 Å². The first-order chi connectivity index (χ1) is 14.5. The van der Waals surface area contributed by atoms with Crippen molar-refractivity contribution in [1.82, 2.24) is 5.43 Å². The van der Waals surface area contributed by atoms with Gasteiger partial charge in [-0.05, 0) is 67.1 Å². The van der Waals surface area contributed by atoms with Gasteiger partial charge in [-0.1, -0.05) is 35.4 Å². The maximum Gasteiger partial charge on any atom is 0.343 e. The highest BCUT2D eigenvalue weighted by Crippen LogP contribution is 2.17. The Labute approximate surface area is 179 Å². The molecule has 7 heteroatoms. The number of amides is 1. The predicted octanol–water partition coefficient (Wildman–Crippen LogP) is 4.40. The summed E-state index contributed by atoms with van der Waals surface area (Å²) in [6.07, 6.45) is 1.48. The van der Waals surface area contributed by atoms with Gasteiger partial charge in [-0.15, -0.1) is 0 Å². The lowest BCUT2D eigenvalue weighted by molar-refractivity contribution is -0.123. The Balaban J connectivity index is 1.47. The van der Waals surface area contributed by atoms with Crippen molar-refractivity contribution in [3.63, 3.8) is 0 Å². The van der Waals surface area contributed by atoms with E-state index >= 15 is 0 Å². The topological polar surface area (TPSA) is 77.0 Å². The average Bonchev–Trinajstić information content (AvgIpc) is 2.73. The number of ether oxygens (including phenoxy) is 2. The second kappa shape index (κ2) is 10.2. The molecule has 3 rings (SSSR count). The minimum atomic E-state index is -0.424. The molecule has 6 nitrogen and oxygen atoms in total. The van der Waals surface area contributed by atoms with Gasteiger partial charge in [0.25, 0.3) is 5.91 Å². The van der Waals surface area contributed by atoms with E-state index in [0.717, 1.165) is 11.1 Å². The monoisotopic (exact) mass is 422 g/mol. The zero-order valence-electron chi connectivity index (χ0n) is 16.2. The van der Waals surface area contributed by atoms with Gasteiger partial charge in [0.1, 0.15) is 11.5 Å². The van der Waals surface area contributed by atoms with Crippen LogP contribution in [0.2, 0.25) is 5.02 Å². The van der Waals surface area contributed by atoms with Crippen LogP contribution in [0.4, 0.5) is 0 Å². The number of nitrogens with one attached hydrogen (secondary N) is 1. The minimum Gasteiger partial charge on any atom is -0.484 e. The number of halogens is 1. The molecule has 0 spiro atoms. The van der Waals surface area contributed by atoms with Crippen molar-refractivity contribution in [2.75, 3.05) is 6.61 Å². The summed E-state index contributed by atoms with van der Waals surface area (Å²) in [4.78, 5) is 24.0. The van der Waals surface area contributed by atoms with Gasteiger partial charge in [-0.2, -0.15) is 5.10 Å². The van der Waals surface area contributed by atoms with E-state index in [1.165, 1.54) is 6.21 Å². The molecule has 152 valence electrons. The average molecular weight is 423 g/mol. The molecule has 0 aliphatic rings. The second-order valence-electron chi connectivity index (χ2n) is 6.37. The maximum atomic E-state index is 12.2. The van der Waals surface area contributed by atoms with Crippen molar-refractivity contribution in [3.8, 4) is 11.5 Å². The van der Waals surface area contributed by atoms with E-state index in [1.54, 1.807) is 66.7 Å². The molecule has 1 N–H and O–H groups in total. The molecule has 30 heavy (non-hydrogen) atoms. The summed E-state index contributed by atoms with van der Waals surface area (Å²) >= 11 is 5.86. The van der Waals surface area contributed by atoms with Crippen LogP contribution >= 0.6 is 11.6 Å². The van der Waals surface area contributed by atoms with Crippen LogP contribution in [0, 0.1) is 6.92 Å². The molecule has 0 radical (unpaired) electrons. The van der Waals surface area contributed by atoms with Gasteiger partial charge in [0.2, 0.25) is 0 Å². The van der Waals surface area contributed by atoms with Crippen LogP contribution in [-0.2, 0) is 4.79 Å². The van der Waals surface area contributed by atoms with Gasteiger partial charge in [-0.3, -0.25) is 4.79 Å². The third-order valence-electron chi connectivity index (χ3n) is 3.91. The number of hydrogen-bond donors (Lipinski definition) is 1. The largest absolute Gasteiger partial charge is 0.484 e. The van der Waals surface area contributed by atoms with Crippen LogP contribution in [0.1, 0.15) is 21.5 Å². The molecule has 0 atom stereocenters. The number of benzene rings is 3. The zero-order chi connectivity index (χ0) is 21.3. The smallest absolute Gasteiger partial charge is 0.343 e. The van der Waals surface area contributed by atoms with Crippen LogP contribution in [-0.4, -0.2) is 24.7 Å². The van der Waals surface area contributed by atoms with Crippen molar-refractivity contribution in [2.45, 2.75) is 6.92 Å². The fraction of sp³-hybridized carbons (Fsp3) is 0.0870. The van der Waals surface area contributed by atoms with E-state index in [-0.39, 0.29) is 6.61 Å². The molecule has 0 heterocycles. The Morgan fingerprint density at radius 3 is 2.50 bits per heavy atom. The Morgan fingerprint density at radius 2 is 1.77 bits per heavy atom. The van der Waals surface area contributed by atoms with E-state index in [9.17, 15) is 9.59 Å². The molecule has 0 aliphatic carbocycles. The molecular weight excluding hydrogens is 404 g/mol. The predicted molar refractivity (Wildman–Crippen MR) is 115 cm³/mol. The number of hydrogen-bond acceptors (Lipinski definition) is 5. The quantitative estimate of drug-likeness (QED) is 0.265. The summed E-state index contributed by atoms with van der Waals surface area (Å²) in [6.45, 7) is 1.72. The van der Waals surface area contributed by atoms with E-state index in [2.05, 4.69) is 10.5 Å². The van der Waals surface area contributed by atoms with Crippen LogP contribution in [0.5, 0.6) is 11.5 Å². The van der Waals surface area contributed by atoms with Gasteiger partial charge < -0.3 is 9.47 Å². The highest BCUT2D eigenvalue weighted by molar-refractivity contribution is 6.30. The van der Waals surface area contributed by atoms with E-state index in [0.29, 0.717) is 22.1 Å². The molecule has 0 aromatic heterocycles. The van der Waals surface area contributed by atoms with Gasteiger partial charge in [-0.25, -0.2) is 10.2 Å². The second-order valence-corrected chi connectivity index (χ2v) is 6.80. The summed E-state index contributed by atoms with van der Waals surface area (Å²) in [7, 11) is 0.